The molecule has 1 aliphatic heterocycles. The van der Waals surface area contributed by atoms with Crippen LogP contribution in [0.5, 0.6) is 0 Å². The Bertz CT molecular complexity index is 1130. The molecule has 0 bridgehead atoms. The van der Waals surface area contributed by atoms with Crippen molar-refractivity contribution in [3.8, 4) is 0 Å². The number of aromatic nitrogens is 4. The Morgan fingerprint density at radius 1 is 0.818 bits per heavy atom. The number of piperazine rings is 1. The summed E-state index contributed by atoms with van der Waals surface area (Å²) < 4.78 is 1.84. The molecular weight excluding hydrogens is 414 g/mol. The highest BCUT2D eigenvalue weighted by Crippen LogP contribution is 2.29. The SMILES string of the molecule is Nc1ncnc2ncn(C[C@@H](O)CN3CCN(C(c4ccccc4)c4ccccc4)CC3)c12. The third-order valence-electron chi connectivity index (χ3n) is 6.32. The van der Waals surface area contributed by atoms with Crippen LogP contribution in [0.3, 0.4) is 0 Å². The first-order chi connectivity index (χ1) is 16.2. The van der Waals surface area contributed by atoms with Crippen molar-refractivity contribution in [3.05, 3.63) is 84.4 Å². The molecule has 8 heteroatoms. The molecule has 0 spiro atoms. The molecule has 1 fully saturated rings. The summed E-state index contributed by atoms with van der Waals surface area (Å²) in [7, 11) is 0. The van der Waals surface area contributed by atoms with E-state index in [0.29, 0.717) is 30.1 Å². The minimum atomic E-state index is -0.535. The fourth-order valence-electron chi connectivity index (χ4n) is 4.74. The van der Waals surface area contributed by atoms with E-state index in [4.69, 9.17) is 5.73 Å². The van der Waals surface area contributed by atoms with E-state index in [0.717, 1.165) is 26.2 Å². The molecule has 2 aromatic heterocycles. The van der Waals surface area contributed by atoms with Crippen LogP contribution in [0, 0.1) is 0 Å². The number of benzene rings is 2. The maximum absolute atomic E-state index is 10.8. The molecule has 4 aromatic rings. The Hall–Kier alpha value is -3.33. The van der Waals surface area contributed by atoms with E-state index in [1.807, 2.05) is 4.57 Å². The molecule has 0 amide bonds. The van der Waals surface area contributed by atoms with Crippen LogP contribution >= 0.6 is 0 Å². The molecule has 3 heterocycles. The molecular formula is C25H29N7O. The van der Waals surface area contributed by atoms with Gasteiger partial charge in [-0.1, -0.05) is 60.7 Å². The minimum Gasteiger partial charge on any atom is -0.390 e. The Morgan fingerprint density at radius 3 is 2.09 bits per heavy atom. The highest BCUT2D eigenvalue weighted by atomic mass is 16.3. The Kier molecular flexibility index (Phi) is 6.30. The van der Waals surface area contributed by atoms with Gasteiger partial charge in [0.15, 0.2) is 11.5 Å². The highest BCUT2D eigenvalue weighted by Gasteiger charge is 2.27. The van der Waals surface area contributed by atoms with Crippen molar-refractivity contribution in [1.29, 1.82) is 0 Å². The first-order valence-corrected chi connectivity index (χ1v) is 11.3. The molecule has 0 aliphatic carbocycles. The molecule has 33 heavy (non-hydrogen) atoms. The van der Waals surface area contributed by atoms with Crippen LogP contribution in [0.25, 0.3) is 11.2 Å². The van der Waals surface area contributed by atoms with Crippen molar-refractivity contribution in [2.24, 2.45) is 0 Å². The van der Waals surface area contributed by atoms with Crippen LogP contribution in [0.1, 0.15) is 17.2 Å². The molecule has 0 unspecified atom stereocenters. The van der Waals surface area contributed by atoms with Crippen molar-refractivity contribution >= 4 is 17.0 Å². The molecule has 5 rings (SSSR count). The van der Waals surface area contributed by atoms with Crippen molar-refractivity contribution in [1.82, 2.24) is 29.3 Å². The third kappa shape index (κ3) is 4.73. The van der Waals surface area contributed by atoms with E-state index in [1.165, 1.54) is 17.5 Å². The van der Waals surface area contributed by atoms with Crippen molar-refractivity contribution in [3.63, 3.8) is 0 Å². The van der Waals surface area contributed by atoms with Crippen LogP contribution in [0.2, 0.25) is 0 Å². The lowest BCUT2D eigenvalue weighted by Crippen LogP contribution is -2.50. The number of rotatable bonds is 7. The second kappa shape index (κ2) is 9.66. The zero-order valence-corrected chi connectivity index (χ0v) is 18.5. The second-order valence-corrected chi connectivity index (χ2v) is 8.54. The van der Waals surface area contributed by atoms with E-state index >= 15 is 0 Å². The zero-order chi connectivity index (χ0) is 22.6. The monoisotopic (exact) mass is 443 g/mol. The van der Waals surface area contributed by atoms with Gasteiger partial charge in [-0.05, 0) is 11.1 Å². The van der Waals surface area contributed by atoms with Crippen molar-refractivity contribution in [2.45, 2.75) is 18.7 Å². The van der Waals surface area contributed by atoms with Crippen molar-refractivity contribution < 1.29 is 5.11 Å². The molecule has 1 atom stereocenters. The summed E-state index contributed by atoms with van der Waals surface area (Å²) in [6.45, 7) is 4.70. The van der Waals surface area contributed by atoms with E-state index in [2.05, 4.69) is 85.4 Å². The predicted octanol–water partition coefficient (Wildman–Crippen LogP) is 2.18. The second-order valence-electron chi connectivity index (χ2n) is 8.54. The number of β-amino-alcohol motifs (C(OH)–C–C–N with tert-alkyl or cyclic N) is 1. The number of aliphatic hydroxyl groups is 1. The van der Waals surface area contributed by atoms with Gasteiger partial charge in [0, 0.05) is 32.7 Å². The van der Waals surface area contributed by atoms with Gasteiger partial charge in [0.2, 0.25) is 0 Å². The van der Waals surface area contributed by atoms with E-state index in [1.54, 1.807) is 6.33 Å². The quantitative estimate of drug-likeness (QED) is 0.452. The minimum absolute atomic E-state index is 0.236. The van der Waals surface area contributed by atoms with Crippen molar-refractivity contribution in [2.75, 3.05) is 38.5 Å². The summed E-state index contributed by atoms with van der Waals surface area (Å²) in [5.41, 5.74) is 9.84. The van der Waals surface area contributed by atoms with Gasteiger partial charge in [0.1, 0.15) is 11.8 Å². The van der Waals surface area contributed by atoms with Crippen LogP contribution in [0.4, 0.5) is 5.82 Å². The topological polar surface area (TPSA) is 96.3 Å². The van der Waals surface area contributed by atoms with Gasteiger partial charge in [0.05, 0.1) is 25.0 Å². The van der Waals surface area contributed by atoms with Gasteiger partial charge in [-0.15, -0.1) is 0 Å². The van der Waals surface area contributed by atoms with Gasteiger partial charge in [-0.25, -0.2) is 15.0 Å². The summed E-state index contributed by atoms with van der Waals surface area (Å²) in [4.78, 5) is 17.3. The number of aliphatic hydroxyl groups excluding tert-OH is 1. The first-order valence-electron chi connectivity index (χ1n) is 11.3. The summed E-state index contributed by atoms with van der Waals surface area (Å²) in [5.74, 6) is 0.381. The lowest BCUT2D eigenvalue weighted by molar-refractivity contribution is 0.0560. The van der Waals surface area contributed by atoms with Crippen LogP contribution in [0.15, 0.2) is 73.3 Å². The summed E-state index contributed by atoms with van der Waals surface area (Å²) in [6.07, 6.45) is 2.54. The Balaban J connectivity index is 1.23. The standard InChI is InChI=1S/C25H29N7O/c26-24-23-25(28-17-27-24)29-18-32(23)16-21(33)15-30-11-13-31(14-12-30)22(19-7-3-1-4-8-19)20-9-5-2-6-10-20/h1-10,17-18,21-22,33H,11-16H2,(H2,26,27,28)/t21-/m0/s1. The first kappa shape index (κ1) is 21.5. The van der Waals surface area contributed by atoms with Crippen LogP contribution in [-0.2, 0) is 6.54 Å². The smallest absolute Gasteiger partial charge is 0.182 e. The van der Waals surface area contributed by atoms with E-state index < -0.39 is 6.10 Å². The van der Waals surface area contributed by atoms with Gasteiger partial charge in [0.25, 0.3) is 0 Å². The number of nitrogen functional groups attached to an aromatic ring is 1. The Morgan fingerprint density at radius 2 is 1.45 bits per heavy atom. The van der Waals surface area contributed by atoms with Gasteiger partial charge in [-0.3, -0.25) is 9.80 Å². The average molecular weight is 444 g/mol. The maximum atomic E-state index is 10.8. The predicted molar refractivity (Wildman–Crippen MR) is 128 cm³/mol. The summed E-state index contributed by atoms with van der Waals surface area (Å²) in [5, 5.41) is 10.8. The molecule has 3 N–H and O–H groups in total. The van der Waals surface area contributed by atoms with Crippen LogP contribution < -0.4 is 5.73 Å². The molecule has 2 aromatic carbocycles. The van der Waals surface area contributed by atoms with E-state index in [9.17, 15) is 5.11 Å². The lowest BCUT2D eigenvalue weighted by atomic mass is 9.96. The number of nitrogens with zero attached hydrogens (tertiary/aromatic N) is 6. The molecule has 1 saturated heterocycles. The molecule has 8 nitrogen and oxygen atoms in total. The van der Waals surface area contributed by atoms with Gasteiger partial charge < -0.3 is 15.4 Å². The number of hydrogen-bond donors (Lipinski definition) is 2. The summed E-state index contributed by atoms with van der Waals surface area (Å²) >= 11 is 0. The summed E-state index contributed by atoms with van der Waals surface area (Å²) in [6, 6.07) is 21.6. The maximum Gasteiger partial charge on any atom is 0.182 e. The highest BCUT2D eigenvalue weighted by molar-refractivity contribution is 5.81. The Labute approximate surface area is 193 Å². The average Bonchev–Trinajstić information content (AvgIpc) is 3.25. The van der Waals surface area contributed by atoms with Crippen LogP contribution in [-0.4, -0.2) is 73.3 Å². The lowest BCUT2D eigenvalue weighted by Gasteiger charge is -2.40. The fraction of sp³-hybridized carbons (Fsp3) is 0.320. The van der Waals surface area contributed by atoms with E-state index in [-0.39, 0.29) is 6.04 Å². The number of hydrogen-bond acceptors (Lipinski definition) is 7. The molecule has 170 valence electrons. The number of anilines is 1. The molecule has 1 aliphatic rings. The third-order valence-corrected chi connectivity index (χ3v) is 6.32. The normalized spacial score (nSPS) is 16.4. The van der Waals surface area contributed by atoms with Gasteiger partial charge in [-0.2, -0.15) is 0 Å². The van der Waals surface area contributed by atoms with Gasteiger partial charge >= 0.3 is 0 Å². The fourth-order valence-corrected chi connectivity index (χ4v) is 4.74. The zero-order valence-electron chi connectivity index (χ0n) is 18.5. The largest absolute Gasteiger partial charge is 0.390 e. The number of imidazole rings is 1. The molecule has 0 saturated carbocycles. The molecule has 0 radical (unpaired) electrons. The number of nitrogens with two attached hydrogens (primary N) is 1. The number of fused-ring (bicyclic) bond motifs is 1.